The Morgan fingerprint density at radius 2 is 1.96 bits per heavy atom. The summed E-state index contributed by atoms with van der Waals surface area (Å²) in [6.45, 7) is 8.62. The molecule has 2 nitrogen and oxygen atoms in total. The molecule has 23 heavy (non-hydrogen) atoms. The zero-order valence-electron chi connectivity index (χ0n) is 13.9. The van der Waals surface area contributed by atoms with Crippen LogP contribution in [-0.4, -0.2) is 28.0 Å². The second-order valence-corrected chi connectivity index (χ2v) is 7.94. The molecular formula is C18H23Br2ClO2. The number of phenolic OH excluding ortho intramolecular Hbond substituents is 1. The number of phenols is 1. The average molecular weight is 467 g/mol. The van der Waals surface area contributed by atoms with Crippen LogP contribution in [0, 0.1) is 13.8 Å². The summed E-state index contributed by atoms with van der Waals surface area (Å²) >= 11 is 12.4. The van der Waals surface area contributed by atoms with Crippen molar-refractivity contribution >= 4 is 43.5 Å². The van der Waals surface area contributed by atoms with Crippen LogP contribution in [0.25, 0.3) is 0 Å². The molecule has 1 aliphatic carbocycles. The van der Waals surface area contributed by atoms with Crippen molar-refractivity contribution in [1.82, 2.24) is 0 Å². The van der Waals surface area contributed by atoms with Crippen LogP contribution < -0.4 is 0 Å². The molecule has 0 fully saturated rings. The first kappa shape index (κ1) is 20.8. The van der Waals surface area contributed by atoms with Gasteiger partial charge in [0.2, 0.25) is 0 Å². The number of ether oxygens (including phenoxy) is 1. The second kappa shape index (κ2) is 9.26. The molecule has 0 saturated carbocycles. The number of allylic oxidation sites excluding steroid dienone is 2. The summed E-state index contributed by atoms with van der Waals surface area (Å²) < 4.78 is 6.49. The Balaban J connectivity index is 0.000000238. The summed E-state index contributed by atoms with van der Waals surface area (Å²) in [6.07, 6.45) is 6.31. The molecule has 0 bridgehead atoms. The molecule has 1 aromatic carbocycles. The van der Waals surface area contributed by atoms with Crippen LogP contribution in [0.1, 0.15) is 25.0 Å². The van der Waals surface area contributed by atoms with Crippen LogP contribution in [0.3, 0.4) is 0 Å². The van der Waals surface area contributed by atoms with E-state index in [1.165, 1.54) is 5.57 Å². The predicted molar refractivity (Wildman–Crippen MR) is 106 cm³/mol. The van der Waals surface area contributed by atoms with E-state index in [0.29, 0.717) is 18.2 Å². The van der Waals surface area contributed by atoms with Crippen molar-refractivity contribution in [3.8, 4) is 5.75 Å². The molecule has 0 aromatic heterocycles. The molecule has 0 aliphatic heterocycles. The fraction of sp³-hybridized carbons (Fsp3) is 0.444. The molecular weight excluding hydrogens is 443 g/mol. The van der Waals surface area contributed by atoms with Gasteiger partial charge in [-0.1, -0.05) is 39.7 Å². The SMILES string of the molecule is CC1=CC(C)(OCCCl)C(Br)C=C1.Cc1cc(C)c(Br)c(O)c1. The summed E-state index contributed by atoms with van der Waals surface area (Å²) in [4.78, 5) is 0.229. The maximum absolute atomic E-state index is 9.23. The number of benzene rings is 1. The highest BCUT2D eigenvalue weighted by Crippen LogP contribution is 2.30. The molecule has 0 amide bonds. The van der Waals surface area contributed by atoms with E-state index in [9.17, 15) is 5.11 Å². The summed E-state index contributed by atoms with van der Waals surface area (Å²) in [7, 11) is 0. The largest absolute Gasteiger partial charge is 0.507 e. The average Bonchev–Trinajstić information content (AvgIpc) is 2.47. The number of rotatable bonds is 3. The van der Waals surface area contributed by atoms with Crippen molar-refractivity contribution in [1.29, 1.82) is 0 Å². The number of halogens is 3. The summed E-state index contributed by atoms with van der Waals surface area (Å²) in [5.41, 5.74) is 3.12. The van der Waals surface area contributed by atoms with Crippen molar-refractivity contribution in [3.05, 3.63) is 51.5 Å². The van der Waals surface area contributed by atoms with Crippen molar-refractivity contribution in [2.45, 2.75) is 38.1 Å². The van der Waals surface area contributed by atoms with Gasteiger partial charge >= 0.3 is 0 Å². The first-order valence-electron chi connectivity index (χ1n) is 7.37. The minimum absolute atomic E-state index is 0.229. The highest BCUT2D eigenvalue weighted by Gasteiger charge is 2.31. The van der Waals surface area contributed by atoms with Gasteiger partial charge in [-0.25, -0.2) is 0 Å². The lowest BCUT2D eigenvalue weighted by Crippen LogP contribution is -2.37. The van der Waals surface area contributed by atoms with Crippen LogP contribution in [-0.2, 0) is 4.74 Å². The Hall–Kier alpha value is -0.290. The smallest absolute Gasteiger partial charge is 0.130 e. The molecule has 0 saturated heterocycles. The molecule has 2 rings (SSSR count). The van der Waals surface area contributed by atoms with Gasteiger partial charge in [0.25, 0.3) is 0 Å². The fourth-order valence-electron chi connectivity index (χ4n) is 2.31. The number of aryl methyl sites for hydroxylation is 2. The summed E-state index contributed by atoms with van der Waals surface area (Å²) in [5, 5.41) is 9.23. The third-order valence-corrected chi connectivity index (χ3v) is 5.86. The van der Waals surface area contributed by atoms with E-state index in [1.54, 1.807) is 6.07 Å². The zero-order chi connectivity index (χ0) is 17.6. The number of alkyl halides is 2. The van der Waals surface area contributed by atoms with Gasteiger partial charge in [-0.3, -0.25) is 0 Å². The summed E-state index contributed by atoms with van der Waals surface area (Å²) in [5.74, 6) is 0.851. The van der Waals surface area contributed by atoms with Crippen LogP contribution in [0.2, 0.25) is 0 Å². The Labute approximate surface area is 160 Å². The summed E-state index contributed by atoms with van der Waals surface area (Å²) in [6, 6.07) is 3.75. The van der Waals surface area contributed by atoms with Gasteiger partial charge in [-0.2, -0.15) is 0 Å². The molecule has 128 valence electrons. The standard InChI is InChI=1S/C10H14BrClO.C8H9BrO/c1-8-3-4-9(11)10(2,7-8)13-6-5-12;1-5-3-6(2)8(9)7(10)4-5/h3-4,7,9H,5-6H2,1-2H3;3-4,10H,1-2H3. The quantitative estimate of drug-likeness (QED) is 0.550. The van der Waals surface area contributed by atoms with Crippen molar-refractivity contribution < 1.29 is 9.84 Å². The molecule has 0 spiro atoms. The fourth-order valence-corrected chi connectivity index (χ4v) is 3.04. The molecule has 2 unspecified atom stereocenters. The lowest BCUT2D eigenvalue weighted by Gasteiger charge is -2.32. The maximum Gasteiger partial charge on any atom is 0.130 e. The van der Waals surface area contributed by atoms with Crippen LogP contribution in [0.4, 0.5) is 0 Å². The van der Waals surface area contributed by atoms with Gasteiger partial charge in [0.1, 0.15) is 5.75 Å². The van der Waals surface area contributed by atoms with E-state index >= 15 is 0 Å². The van der Waals surface area contributed by atoms with Gasteiger partial charge in [0.05, 0.1) is 21.5 Å². The van der Waals surface area contributed by atoms with Gasteiger partial charge in [-0.15, -0.1) is 11.6 Å². The molecule has 0 heterocycles. The van der Waals surface area contributed by atoms with Crippen molar-refractivity contribution in [2.75, 3.05) is 12.5 Å². The molecule has 1 aliphatic rings. The first-order chi connectivity index (χ1) is 10.7. The van der Waals surface area contributed by atoms with Gasteiger partial charge < -0.3 is 9.84 Å². The first-order valence-corrected chi connectivity index (χ1v) is 9.61. The normalized spacial score (nSPS) is 23.1. The molecule has 5 heteroatoms. The molecule has 0 radical (unpaired) electrons. The lowest BCUT2D eigenvalue weighted by atomic mass is 9.94. The number of hydrogen-bond acceptors (Lipinski definition) is 2. The lowest BCUT2D eigenvalue weighted by molar-refractivity contribution is 0.0212. The third-order valence-electron chi connectivity index (χ3n) is 3.46. The minimum Gasteiger partial charge on any atom is -0.507 e. The van der Waals surface area contributed by atoms with Crippen LogP contribution in [0.15, 0.2) is 40.4 Å². The van der Waals surface area contributed by atoms with Crippen LogP contribution >= 0.6 is 43.5 Å². The molecule has 1 aromatic rings. The van der Waals surface area contributed by atoms with Crippen molar-refractivity contribution in [2.24, 2.45) is 0 Å². The van der Waals surface area contributed by atoms with Gasteiger partial charge in [-0.05, 0) is 66.9 Å². The van der Waals surface area contributed by atoms with E-state index in [0.717, 1.165) is 15.6 Å². The number of aromatic hydroxyl groups is 1. The Morgan fingerprint density at radius 3 is 2.52 bits per heavy atom. The van der Waals surface area contributed by atoms with E-state index in [2.05, 4.69) is 63.9 Å². The predicted octanol–water partition coefficient (Wildman–Crippen LogP) is 6.05. The Kier molecular flexibility index (Phi) is 8.36. The zero-order valence-corrected chi connectivity index (χ0v) is 17.8. The molecule has 1 N–H and O–H groups in total. The van der Waals surface area contributed by atoms with Crippen molar-refractivity contribution in [3.63, 3.8) is 0 Å². The topological polar surface area (TPSA) is 29.5 Å². The Morgan fingerprint density at radius 1 is 1.30 bits per heavy atom. The highest BCUT2D eigenvalue weighted by atomic mass is 79.9. The molecule has 2 atom stereocenters. The van der Waals surface area contributed by atoms with Gasteiger partial charge in [0.15, 0.2) is 0 Å². The van der Waals surface area contributed by atoms with Crippen LogP contribution in [0.5, 0.6) is 5.75 Å². The van der Waals surface area contributed by atoms with E-state index in [4.69, 9.17) is 16.3 Å². The Bertz CT molecular complexity index is 576. The number of hydrogen-bond donors (Lipinski definition) is 1. The van der Waals surface area contributed by atoms with E-state index in [1.807, 2.05) is 19.9 Å². The second-order valence-electron chi connectivity index (χ2n) is 5.79. The maximum atomic E-state index is 9.23. The highest BCUT2D eigenvalue weighted by molar-refractivity contribution is 9.10. The van der Waals surface area contributed by atoms with E-state index in [-0.39, 0.29) is 10.4 Å². The van der Waals surface area contributed by atoms with E-state index < -0.39 is 0 Å². The van der Waals surface area contributed by atoms with Gasteiger partial charge in [0, 0.05) is 5.88 Å². The monoisotopic (exact) mass is 464 g/mol. The third kappa shape index (κ3) is 6.26. The minimum atomic E-state index is -0.256.